The molecule has 0 N–H and O–H groups in total. The molecule has 0 atom stereocenters. The Labute approximate surface area is 165 Å². The predicted octanol–water partition coefficient (Wildman–Crippen LogP) is 3.31. The second kappa shape index (κ2) is 7.32. The molecule has 8 nitrogen and oxygen atoms in total. The third-order valence-corrected chi connectivity index (χ3v) is 5.03. The van der Waals surface area contributed by atoms with Crippen molar-refractivity contribution in [3.63, 3.8) is 0 Å². The van der Waals surface area contributed by atoms with E-state index in [9.17, 15) is 19.3 Å². The number of benzene rings is 1. The summed E-state index contributed by atoms with van der Waals surface area (Å²) in [6.07, 6.45) is 3.78. The topological polar surface area (TPSA) is 102 Å². The maximum absolute atomic E-state index is 13.8. The molecule has 0 amide bonds. The average molecular weight is 398 g/mol. The fourth-order valence-corrected chi connectivity index (χ4v) is 3.52. The van der Waals surface area contributed by atoms with Crippen molar-refractivity contribution < 1.29 is 13.7 Å². The van der Waals surface area contributed by atoms with Crippen LogP contribution in [0.25, 0.3) is 11.0 Å². The molecule has 0 saturated carbocycles. The first-order valence-corrected chi connectivity index (χ1v) is 9.29. The molecule has 9 heteroatoms. The fraction of sp³-hybridized carbons (Fsp3) is 0.350. The lowest BCUT2D eigenvalue weighted by atomic mass is 10.1. The Hall–Kier alpha value is -3.20. The number of hydrogen-bond acceptors (Lipinski definition) is 7. The van der Waals surface area contributed by atoms with Gasteiger partial charge >= 0.3 is 5.69 Å². The van der Waals surface area contributed by atoms with Crippen LogP contribution in [0.5, 0.6) is 0 Å². The van der Waals surface area contributed by atoms with Crippen molar-refractivity contribution >= 4 is 16.7 Å². The Kier molecular flexibility index (Phi) is 4.83. The normalized spacial score (nSPS) is 14.3. The highest BCUT2D eigenvalue weighted by molar-refractivity contribution is 5.85. The van der Waals surface area contributed by atoms with E-state index in [1.165, 1.54) is 6.26 Å². The fourth-order valence-electron chi connectivity index (χ4n) is 3.52. The highest BCUT2D eigenvalue weighted by atomic mass is 19.1. The van der Waals surface area contributed by atoms with E-state index in [-0.39, 0.29) is 23.4 Å². The van der Waals surface area contributed by atoms with Crippen molar-refractivity contribution in [1.29, 1.82) is 0 Å². The Morgan fingerprint density at radius 2 is 2.17 bits per heavy atom. The zero-order valence-electron chi connectivity index (χ0n) is 16.0. The zero-order chi connectivity index (χ0) is 20.7. The second-order valence-corrected chi connectivity index (χ2v) is 7.46. The van der Waals surface area contributed by atoms with Crippen molar-refractivity contribution in [3.05, 3.63) is 73.4 Å². The lowest BCUT2D eigenvalue weighted by molar-refractivity contribution is -0.383. The van der Waals surface area contributed by atoms with E-state index in [1.54, 1.807) is 0 Å². The first-order valence-electron chi connectivity index (χ1n) is 9.29. The molecule has 0 saturated heterocycles. The van der Waals surface area contributed by atoms with Crippen LogP contribution in [0.15, 0.2) is 33.8 Å². The van der Waals surface area contributed by atoms with Crippen molar-refractivity contribution in [1.82, 2.24) is 14.9 Å². The van der Waals surface area contributed by atoms with Gasteiger partial charge in [0, 0.05) is 55.0 Å². The molecule has 1 aromatic carbocycles. The number of aromatic nitrogens is 2. The van der Waals surface area contributed by atoms with E-state index in [0.717, 1.165) is 35.6 Å². The van der Waals surface area contributed by atoms with Gasteiger partial charge in [0.15, 0.2) is 5.43 Å². The van der Waals surface area contributed by atoms with Crippen molar-refractivity contribution in [3.8, 4) is 0 Å². The van der Waals surface area contributed by atoms with Crippen LogP contribution in [0.2, 0.25) is 0 Å². The van der Waals surface area contributed by atoms with Crippen molar-refractivity contribution in [2.45, 2.75) is 39.3 Å². The Balaban J connectivity index is 1.63. The van der Waals surface area contributed by atoms with Gasteiger partial charge in [-0.15, -0.1) is 0 Å². The number of hydrogen-bond donors (Lipinski definition) is 0. The third-order valence-electron chi connectivity index (χ3n) is 5.03. The van der Waals surface area contributed by atoms with Gasteiger partial charge in [-0.2, -0.15) is 0 Å². The van der Waals surface area contributed by atoms with Crippen LogP contribution < -0.4 is 5.43 Å². The summed E-state index contributed by atoms with van der Waals surface area (Å²) in [5, 5.41) is 11.0. The quantitative estimate of drug-likeness (QED) is 0.491. The first-order chi connectivity index (χ1) is 13.8. The van der Waals surface area contributed by atoms with Gasteiger partial charge in [0.2, 0.25) is 5.58 Å². The molecule has 0 spiro atoms. The van der Waals surface area contributed by atoms with Crippen molar-refractivity contribution in [2.75, 3.05) is 6.54 Å². The molecule has 0 unspecified atom stereocenters. The summed E-state index contributed by atoms with van der Waals surface area (Å²) in [6.45, 7) is 5.65. The van der Waals surface area contributed by atoms with E-state index in [2.05, 4.69) is 9.97 Å². The van der Waals surface area contributed by atoms with Gasteiger partial charge in [0.25, 0.3) is 0 Å². The number of nitrogens with zero attached hydrogens (tertiary/aromatic N) is 4. The van der Waals surface area contributed by atoms with E-state index >= 15 is 0 Å². The van der Waals surface area contributed by atoms with Crippen LogP contribution in [0.1, 0.15) is 42.4 Å². The van der Waals surface area contributed by atoms with Gasteiger partial charge < -0.3 is 4.42 Å². The number of fused-ring (bicyclic) bond motifs is 2. The summed E-state index contributed by atoms with van der Waals surface area (Å²) in [7, 11) is 0. The summed E-state index contributed by atoms with van der Waals surface area (Å²) in [4.78, 5) is 34.2. The zero-order valence-corrected chi connectivity index (χ0v) is 16.0. The Bertz CT molecular complexity index is 1180. The summed E-state index contributed by atoms with van der Waals surface area (Å²) < 4.78 is 19.1. The minimum absolute atomic E-state index is 0.128. The number of non-ortho nitro benzene ring substituents is 1. The molecule has 150 valence electrons. The summed E-state index contributed by atoms with van der Waals surface area (Å²) in [6, 6.07) is 1.72. The van der Waals surface area contributed by atoms with Crippen LogP contribution in [0.4, 0.5) is 10.1 Å². The summed E-state index contributed by atoms with van der Waals surface area (Å²) in [5.41, 5.74) is 1.10. The lowest BCUT2D eigenvalue weighted by Crippen LogP contribution is -2.32. The molecule has 0 radical (unpaired) electrons. The van der Waals surface area contributed by atoms with Crippen LogP contribution in [-0.4, -0.2) is 26.3 Å². The summed E-state index contributed by atoms with van der Waals surface area (Å²) >= 11 is 0. The van der Waals surface area contributed by atoms with Crippen LogP contribution in [-0.2, 0) is 19.5 Å². The molecule has 3 heterocycles. The van der Waals surface area contributed by atoms with Gasteiger partial charge in [0.05, 0.1) is 22.6 Å². The van der Waals surface area contributed by atoms with Gasteiger partial charge in [-0.3, -0.25) is 19.8 Å². The van der Waals surface area contributed by atoms with Gasteiger partial charge in [-0.1, -0.05) is 13.8 Å². The SMILES string of the molecule is CC(C)c1ncc2c(n1)CCN(Cc1coc3c([N+](=O)[O-])cc(F)cc3c1=O)C2. The molecule has 1 aliphatic rings. The Morgan fingerprint density at radius 1 is 1.38 bits per heavy atom. The molecule has 2 aromatic heterocycles. The molecular weight excluding hydrogens is 379 g/mol. The minimum atomic E-state index is -0.848. The molecule has 4 rings (SSSR count). The van der Waals surface area contributed by atoms with Crippen LogP contribution in [0, 0.1) is 15.9 Å². The Morgan fingerprint density at radius 3 is 2.90 bits per heavy atom. The van der Waals surface area contributed by atoms with Crippen LogP contribution >= 0.6 is 0 Å². The number of nitro benzene ring substituents is 1. The maximum atomic E-state index is 13.8. The van der Waals surface area contributed by atoms with Crippen molar-refractivity contribution in [2.24, 2.45) is 0 Å². The molecule has 0 aliphatic carbocycles. The van der Waals surface area contributed by atoms with E-state index in [1.807, 2.05) is 24.9 Å². The smallest absolute Gasteiger partial charge is 0.315 e. The highest BCUT2D eigenvalue weighted by Crippen LogP contribution is 2.26. The first kappa shape index (κ1) is 19.1. The minimum Gasteiger partial charge on any atom is -0.456 e. The standard InChI is InChI=1S/C20H19FN4O4/c1-11(2)20-22-7-12-8-24(4-3-16(12)23-20)9-13-10-29-19-15(18(13)26)5-14(21)6-17(19)25(27)28/h5-7,10-11H,3-4,8-9H2,1-2H3. The van der Waals surface area contributed by atoms with E-state index in [4.69, 9.17) is 4.42 Å². The largest absolute Gasteiger partial charge is 0.456 e. The molecule has 3 aromatic rings. The highest BCUT2D eigenvalue weighted by Gasteiger charge is 2.23. The average Bonchev–Trinajstić information content (AvgIpc) is 2.69. The summed E-state index contributed by atoms with van der Waals surface area (Å²) in [5.74, 6) is 0.222. The second-order valence-electron chi connectivity index (χ2n) is 7.46. The van der Waals surface area contributed by atoms with Gasteiger partial charge in [0.1, 0.15) is 11.6 Å². The van der Waals surface area contributed by atoms with Crippen LogP contribution in [0.3, 0.4) is 0 Å². The molecule has 0 bridgehead atoms. The number of nitro groups is 1. The monoisotopic (exact) mass is 398 g/mol. The lowest BCUT2D eigenvalue weighted by Gasteiger charge is -2.28. The van der Waals surface area contributed by atoms with E-state index in [0.29, 0.717) is 18.7 Å². The van der Waals surface area contributed by atoms with Gasteiger partial charge in [-0.25, -0.2) is 14.4 Å². The van der Waals surface area contributed by atoms with Gasteiger partial charge in [-0.05, 0) is 6.07 Å². The molecule has 0 fully saturated rings. The predicted molar refractivity (Wildman–Crippen MR) is 103 cm³/mol. The number of halogens is 1. The molecule has 1 aliphatic heterocycles. The molecule has 29 heavy (non-hydrogen) atoms. The number of rotatable bonds is 4. The maximum Gasteiger partial charge on any atom is 0.315 e. The van der Waals surface area contributed by atoms with E-state index < -0.39 is 21.9 Å². The molecular formula is C20H19FN4O4. The third kappa shape index (κ3) is 3.61.